The fraction of sp³-hybridized carbons (Fsp3) is 0.700. The van der Waals surface area contributed by atoms with Crippen molar-refractivity contribution in [2.24, 2.45) is 5.92 Å². The van der Waals surface area contributed by atoms with E-state index < -0.39 is 0 Å². The standard InChI is InChI=1S/C20H34N6O3/c1-14(2)6-8-22-20(28)26-10-7-15(13-26)17-16(18(27)21-9-11-29-5)12-23-19(24-17)25(3)4/h12,14-15H,6-11,13H2,1-5H3,(H,21,27)(H,22,28). The first-order valence-electron chi connectivity index (χ1n) is 10.2. The fourth-order valence-corrected chi connectivity index (χ4v) is 3.20. The highest BCUT2D eigenvalue weighted by Crippen LogP contribution is 2.29. The van der Waals surface area contributed by atoms with Crippen molar-refractivity contribution in [2.75, 3.05) is 58.9 Å². The Morgan fingerprint density at radius 3 is 2.72 bits per heavy atom. The summed E-state index contributed by atoms with van der Waals surface area (Å²) in [6.07, 6.45) is 3.29. The quantitative estimate of drug-likeness (QED) is 0.603. The second-order valence-electron chi connectivity index (χ2n) is 7.96. The largest absolute Gasteiger partial charge is 0.383 e. The zero-order valence-corrected chi connectivity index (χ0v) is 18.2. The molecule has 0 aliphatic carbocycles. The summed E-state index contributed by atoms with van der Waals surface area (Å²) in [4.78, 5) is 37.7. The van der Waals surface area contributed by atoms with Crippen LogP contribution in [0.4, 0.5) is 10.7 Å². The maximum atomic E-state index is 12.6. The van der Waals surface area contributed by atoms with Crippen LogP contribution in [-0.4, -0.2) is 80.8 Å². The van der Waals surface area contributed by atoms with E-state index in [1.165, 1.54) is 0 Å². The number of aromatic nitrogens is 2. The van der Waals surface area contributed by atoms with Crippen LogP contribution in [0.3, 0.4) is 0 Å². The highest BCUT2D eigenvalue weighted by molar-refractivity contribution is 5.95. The van der Waals surface area contributed by atoms with Gasteiger partial charge in [0.25, 0.3) is 5.91 Å². The molecule has 1 fully saturated rings. The highest BCUT2D eigenvalue weighted by atomic mass is 16.5. The van der Waals surface area contributed by atoms with E-state index in [1.807, 2.05) is 14.1 Å². The molecule has 0 bridgehead atoms. The third-order valence-electron chi connectivity index (χ3n) is 4.90. The van der Waals surface area contributed by atoms with Gasteiger partial charge in [-0.25, -0.2) is 14.8 Å². The summed E-state index contributed by atoms with van der Waals surface area (Å²) < 4.78 is 4.99. The number of nitrogens with one attached hydrogen (secondary N) is 2. The maximum absolute atomic E-state index is 12.6. The van der Waals surface area contributed by atoms with Crippen LogP contribution < -0.4 is 15.5 Å². The number of hydrogen-bond acceptors (Lipinski definition) is 6. The molecule has 1 aliphatic heterocycles. The van der Waals surface area contributed by atoms with Crippen molar-refractivity contribution in [2.45, 2.75) is 32.6 Å². The lowest BCUT2D eigenvalue weighted by Crippen LogP contribution is -2.39. The monoisotopic (exact) mass is 406 g/mol. The molecule has 9 heteroatoms. The number of carbonyl (C=O) groups excluding carboxylic acids is 2. The Morgan fingerprint density at radius 1 is 1.31 bits per heavy atom. The van der Waals surface area contributed by atoms with Gasteiger partial charge in [-0.1, -0.05) is 13.8 Å². The Labute approximate surface area is 173 Å². The molecule has 1 unspecified atom stereocenters. The van der Waals surface area contributed by atoms with Crippen molar-refractivity contribution in [1.82, 2.24) is 25.5 Å². The molecule has 1 aromatic rings. The number of urea groups is 1. The summed E-state index contributed by atoms with van der Waals surface area (Å²) in [6.45, 7) is 6.97. The molecule has 1 aliphatic rings. The van der Waals surface area contributed by atoms with Crippen LogP contribution in [-0.2, 0) is 4.74 Å². The van der Waals surface area contributed by atoms with Gasteiger partial charge < -0.3 is 25.2 Å². The van der Waals surface area contributed by atoms with Gasteiger partial charge in [-0.15, -0.1) is 0 Å². The summed E-state index contributed by atoms with van der Waals surface area (Å²) in [5, 5.41) is 5.82. The van der Waals surface area contributed by atoms with E-state index in [4.69, 9.17) is 4.74 Å². The first-order chi connectivity index (χ1) is 13.8. The topological polar surface area (TPSA) is 99.7 Å². The van der Waals surface area contributed by atoms with E-state index in [-0.39, 0.29) is 17.9 Å². The zero-order valence-electron chi connectivity index (χ0n) is 18.2. The summed E-state index contributed by atoms with van der Waals surface area (Å²) in [6, 6.07) is -0.0545. The molecule has 3 amide bonds. The molecule has 2 heterocycles. The minimum absolute atomic E-state index is 0.00396. The average Bonchev–Trinajstić information content (AvgIpc) is 3.17. The van der Waals surface area contributed by atoms with E-state index >= 15 is 0 Å². The Hall–Kier alpha value is -2.42. The Morgan fingerprint density at radius 2 is 2.07 bits per heavy atom. The van der Waals surface area contributed by atoms with Crippen molar-refractivity contribution in [3.63, 3.8) is 0 Å². The van der Waals surface area contributed by atoms with Crippen LogP contribution in [0.2, 0.25) is 0 Å². The number of amides is 3. The minimum atomic E-state index is -0.220. The Bertz CT molecular complexity index is 695. The van der Waals surface area contributed by atoms with Gasteiger partial charge in [-0.3, -0.25) is 4.79 Å². The number of carbonyl (C=O) groups is 2. The minimum Gasteiger partial charge on any atom is -0.383 e. The van der Waals surface area contributed by atoms with Gasteiger partial charge in [-0.2, -0.15) is 0 Å². The van der Waals surface area contributed by atoms with Crippen LogP contribution in [0.25, 0.3) is 0 Å². The highest BCUT2D eigenvalue weighted by Gasteiger charge is 2.31. The van der Waals surface area contributed by atoms with Crippen molar-refractivity contribution in [3.05, 3.63) is 17.5 Å². The molecule has 1 aromatic heterocycles. The molecule has 2 N–H and O–H groups in total. The first kappa shape index (κ1) is 22.9. The van der Waals surface area contributed by atoms with Crippen LogP contribution in [0, 0.1) is 5.92 Å². The van der Waals surface area contributed by atoms with E-state index in [1.54, 1.807) is 23.1 Å². The molecule has 9 nitrogen and oxygen atoms in total. The lowest BCUT2D eigenvalue weighted by molar-refractivity contribution is 0.0935. The maximum Gasteiger partial charge on any atom is 0.317 e. The average molecular weight is 407 g/mol. The van der Waals surface area contributed by atoms with Gasteiger partial charge >= 0.3 is 6.03 Å². The third-order valence-corrected chi connectivity index (χ3v) is 4.90. The molecule has 2 rings (SSSR count). The van der Waals surface area contributed by atoms with Crippen LogP contribution >= 0.6 is 0 Å². The van der Waals surface area contributed by atoms with Crippen LogP contribution in [0.15, 0.2) is 6.20 Å². The second-order valence-corrected chi connectivity index (χ2v) is 7.96. The third kappa shape index (κ3) is 6.56. The van der Waals surface area contributed by atoms with Gasteiger partial charge in [0.05, 0.1) is 17.9 Å². The predicted octanol–water partition coefficient (Wildman–Crippen LogP) is 1.46. The molecule has 29 heavy (non-hydrogen) atoms. The SMILES string of the molecule is COCCNC(=O)c1cnc(N(C)C)nc1C1CCN(C(=O)NCCC(C)C)C1. The molecule has 0 aromatic carbocycles. The number of hydrogen-bond donors (Lipinski definition) is 2. The number of nitrogens with zero attached hydrogens (tertiary/aromatic N) is 4. The van der Waals surface area contributed by atoms with E-state index in [9.17, 15) is 9.59 Å². The van der Waals surface area contributed by atoms with Crippen molar-refractivity contribution < 1.29 is 14.3 Å². The molecule has 0 saturated carbocycles. The number of anilines is 1. The van der Waals surface area contributed by atoms with E-state index in [2.05, 4.69) is 34.4 Å². The normalized spacial score (nSPS) is 16.2. The van der Waals surface area contributed by atoms with E-state index in [0.717, 1.165) is 12.8 Å². The summed E-state index contributed by atoms with van der Waals surface area (Å²) in [7, 11) is 5.31. The Kier molecular flexibility index (Phi) is 8.63. The molecule has 0 spiro atoms. The number of ether oxygens (including phenoxy) is 1. The Balaban J connectivity index is 2.11. The zero-order chi connectivity index (χ0) is 21.4. The van der Waals surface area contributed by atoms with Gasteiger partial charge in [0.1, 0.15) is 0 Å². The number of rotatable bonds is 9. The molecular weight excluding hydrogens is 372 g/mol. The number of likely N-dealkylation sites (tertiary alicyclic amines) is 1. The summed E-state index contributed by atoms with van der Waals surface area (Å²) in [5.74, 6) is 0.873. The molecular formula is C20H34N6O3. The first-order valence-corrected chi connectivity index (χ1v) is 10.2. The summed E-state index contributed by atoms with van der Waals surface area (Å²) in [5.41, 5.74) is 1.15. The lowest BCUT2D eigenvalue weighted by Gasteiger charge is -2.20. The van der Waals surface area contributed by atoms with Gasteiger partial charge in [0.2, 0.25) is 5.95 Å². The van der Waals surface area contributed by atoms with Crippen LogP contribution in [0.1, 0.15) is 48.7 Å². The van der Waals surface area contributed by atoms with Crippen LogP contribution in [0.5, 0.6) is 0 Å². The summed E-state index contributed by atoms with van der Waals surface area (Å²) >= 11 is 0. The molecule has 162 valence electrons. The second kappa shape index (κ2) is 10.9. The van der Waals surface area contributed by atoms with Crippen molar-refractivity contribution >= 4 is 17.9 Å². The van der Waals surface area contributed by atoms with E-state index in [0.29, 0.717) is 55.9 Å². The van der Waals surface area contributed by atoms with Gasteiger partial charge in [0.15, 0.2) is 0 Å². The van der Waals surface area contributed by atoms with Crippen molar-refractivity contribution in [3.8, 4) is 0 Å². The lowest BCUT2D eigenvalue weighted by atomic mass is 10.00. The van der Waals surface area contributed by atoms with Crippen molar-refractivity contribution in [1.29, 1.82) is 0 Å². The van der Waals surface area contributed by atoms with Gasteiger partial charge in [0, 0.05) is 59.5 Å². The molecule has 1 atom stereocenters. The molecule has 0 radical (unpaired) electrons. The number of methoxy groups -OCH3 is 1. The smallest absolute Gasteiger partial charge is 0.317 e. The van der Waals surface area contributed by atoms with Gasteiger partial charge in [-0.05, 0) is 18.8 Å². The fourth-order valence-electron chi connectivity index (χ4n) is 3.20. The predicted molar refractivity (Wildman–Crippen MR) is 112 cm³/mol. The molecule has 1 saturated heterocycles.